The fourth-order valence-electron chi connectivity index (χ4n) is 12.4. The third-order valence-electron chi connectivity index (χ3n) is 14.0. The van der Waals surface area contributed by atoms with E-state index >= 15 is 0 Å². The molecule has 1 aromatic carbocycles. The van der Waals surface area contributed by atoms with Crippen LogP contribution in [0.3, 0.4) is 0 Å². The van der Waals surface area contributed by atoms with Crippen LogP contribution in [0, 0.1) is 47.3 Å². The third-order valence-corrected chi connectivity index (χ3v) is 19.2. The predicted molar refractivity (Wildman–Crippen MR) is 167 cm³/mol. The highest BCUT2D eigenvalue weighted by Crippen LogP contribution is 2.65. The minimum absolute atomic E-state index is 0.844. The van der Waals surface area contributed by atoms with Crippen LogP contribution in [0.25, 0.3) is 0 Å². The summed E-state index contributed by atoms with van der Waals surface area (Å²) in [5.74, 6) is 9.21. The number of rotatable bonds is 7. The van der Waals surface area contributed by atoms with Crippen LogP contribution in [0.1, 0.15) is 128 Å². The Morgan fingerprint density at radius 2 is 1.26 bits per heavy atom. The monoisotopic (exact) mass is 532 g/mol. The Morgan fingerprint density at radius 1 is 0.658 bits per heavy atom. The second-order valence-corrected chi connectivity index (χ2v) is 20.9. The average molecular weight is 533 g/mol. The molecule has 0 spiro atoms. The van der Waals surface area contributed by atoms with E-state index in [1.807, 2.05) is 0 Å². The largest absolute Gasteiger partial charge is 0.0689 e. The van der Waals surface area contributed by atoms with Gasteiger partial charge >= 0.3 is 0 Å². The Balaban J connectivity index is 1.22. The van der Waals surface area contributed by atoms with Gasteiger partial charge in [0.1, 0.15) is 0 Å². The molecule has 0 amide bonds. The Bertz CT molecular complexity index is 889. The van der Waals surface area contributed by atoms with E-state index in [1.165, 1.54) is 51.4 Å². The molecule has 0 saturated heterocycles. The topological polar surface area (TPSA) is 0 Å². The van der Waals surface area contributed by atoms with Crippen LogP contribution in [-0.2, 0) is 0 Å². The number of fused-ring (bicyclic) bond motifs is 2. The van der Waals surface area contributed by atoms with Gasteiger partial charge in [-0.1, -0.05) is 121 Å². The maximum atomic E-state index is 2.93. The molecule has 6 rings (SSSR count). The molecule has 5 aliphatic carbocycles. The molecular formula is C37H60Si. The van der Waals surface area contributed by atoms with Crippen molar-refractivity contribution in [2.75, 3.05) is 0 Å². The minimum atomic E-state index is -1.32. The number of benzene rings is 1. The van der Waals surface area contributed by atoms with Gasteiger partial charge in [-0.05, 0) is 108 Å². The molecule has 1 aromatic rings. The minimum Gasteiger partial charge on any atom is -0.0689 e. The van der Waals surface area contributed by atoms with Crippen LogP contribution in [-0.4, -0.2) is 8.07 Å². The van der Waals surface area contributed by atoms with E-state index in [-0.39, 0.29) is 0 Å². The van der Waals surface area contributed by atoms with E-state index in [4.69, 9.17) is 0 Å². The van der Waals surface area contributed by atoms with Gasteiger partial charge in [0.15, 0.2) is 0 Å². The molecule has 0 heterocycles. The molecule has 212 valence electrons. The van der Waals surface area contributed by atoms with Crippen molar-refractivity contribution in [2.45, 2.75) is 147 Å². The van der Waals surface area contributed by atoms with Crippen molar-refractivity contribution < 1.29 is 0 Å². The van der Waals surface area contributed by atoms with Crippen molar-refractivity contribution in [1.82, 2.24) is 0 Å². The van der Waals surface area contributed by atoms with E-state index in [2.05, 4.69) is 57.3 Å². The first kappa shape index (κ1) is 27.6. The van der Waals surface area contributed by atoms with E-state index in [9.17, 15) is 0 Å². The highest BCUT2D eigenvalue weighted by atomic mass is 28.3. The van der Waals surface area contributed by atoms with Crippen molar-refractivity contribution in [3.05, 3.63) is 35.9 Å². The summed E-state index contributed by atoms with van der Waals surface area (Å²) in [5.41, 5.74) is 3.93. The first-order chi connectivity index (χ1) is 18.5. The number of hydrogen-bond acceptors (Lipinski definition) is 0. The van der Waals surface area contributed by atoms with Crippen LogP contribution in [0.2, 0.25) is 24.2 Å². The molecular weight excluding hydrogens is 472 g/mol. The van der Waals surface area contributed by atoms with Crippen LogP contribution in [0.4, 0.5) is 0 Å². The zero-order chi connectivity index (χ0) is 26.3. The maximum absolute atomic E-state index is 2.93. The molecule has 11 atom stereocenters. The lowest BCUT2D eigenvalue weighted by molar-refractivity contribution is 0.0841. The Hall–Kier alpha value is -0.563. The molecule has 1 heteroatoms. The van der Waals surface area contributed by atoms with Gasteiger partial charge in [0.25, 0.3) is 0 Å². The summed E-state index contributed by atoms with van der Waals surface area (Å²) in [4.78, 5) is 0. The van der Waals surface area contributed by atoms with Gasteiger partial charge in [-0.15, -0.1) is 0 Å². The van der Waals surface area contributed by atoms with Crippen molar-refractivity contribution in [3.63, 3.8) is 0 Å². The highest BCUT2D eigenvalue weighted by molar-refractivity contribution is 6.80. The molecule has 5 aliphatic rings. The lowest BCUT2D eigenvalue weighted by Crippen LogP contribution is -2.44. The summed E-state index contributed by atoms with van der Waals surface area (Å²) >= 11 is 0. The molecule has 38 heavy (non-hydrogen) atoms. The maximum Gasteiger partial charge on any atom is 0.0541 e. The van der Waals surface area contributed by atoms with Gasteiger partial charge in [-0.25, -0.2) is 0 Å². The lowest BCUT2D eigenvalue weighted by Gasteiger charge is -2.48. The molecule has 0 aliphatic heterocycles. The smallest absolute Gasteiger partial charge is 0.0541 e. The molecule has 0 radical (unpaired) electrons. The van der Waals surface area contributed by atoms with E-state index in [0.717, 1.165) is 64.3 Å². The van der Waals surface area contributed by atoms with Crippen LogP contribution < -0.4 is 0 Å². The SMILES string of the molecule is CCCC(C)C1CC([Si](C)(C)C2CCC3C(C4CCCCC4c4ccccc4)CCCC32)C2CCCCC12. The normalized spacial score (nSPS) is 42.4. The van der Waals surface area contributed by atoms with Crippen LogP contribution in [0.5, 0.6) is 0 Å². The van der Waals surface area contributed by atoms with E-state index < -0.39 is 8.07 Å². The fourth-order valence-corrected chi connectivity index (χ4v) is 17.8. The lowest BCUT2D eigenvalue weighted by atomic mass is 9.61. The molecule has 5 fully saturated rings. The summed E-state index contributed by atoms with van der Waals surface area (Å²) in [6, 6.07) is 11.8. The summed E-state index contributed by atoms with van der Waals surface area (Å²) < 4.78 is 0. The van der Waals surface area contributed by atoms with Gasteiger partial charge in [0.05, 0.1) is 8.07 Å². The van der Waals surface area contributed by atoms with Crippen LogP contribution >= 0.6 is 0 Å². The van der Waals surface area contributed by atoms with Gasteiger partial charge in [-0.2, -0.15) is 0 Å². The molecule has 0 bridgehead atoms. The molecule has 5 saturated carbocycles. The van der Waals surface area contributed by atoms with Gasteiger partial charge < -0.3 is 0 Å². The highest BCUT2D eigenvalue weighted by Gasteiger charge is 2.57. The second kappa shape index (κ2) is 11.7. The van der Waals surface area contributed by atoms with Gasteiger partial charge in [0.2, 0.25) is 0 Å². The van der Waals surface area contributed by atoms with Crippen molar-refractivity contribution in [2.24, 2.45) is 47.3 Å². The third kappa shape index (κ3) is 5.03. The predicted octanol–water partition coefficient (Wildman–Crippen LogP) is 11.5. The zero-order valence-electron chi connectivity index (χ0n) is 25.6. The second-order valence-electron chi connectivity index (χ2n) is 15.8. The molecule has 11 unspecified atom stereocenters. The van der Waals surface area contributed by atoms with Crippen molar-refractivity contribution >= 4 is 8.07 Å². The van der Waals surface area contributed by atoms with E-state index in [0.29, 0.717) is 0 Å². The fraction of sp³-hybridized carbons (Fsp3) is 0.838. The summed E-state index contributed by atoms with van der Waals surface area (Å²) in [5, 5.41) is 0. The summed E-state index contributed by atoms with van der Waals surface area (Å²) in [7, 11) is -1.32. The van der Waals surface area contributed by atoms with E-state index in [1.54, 1.807) is 56.9 Å². The number of hydrogen-bond donors (Lipinski definition) is 0. The summed E-state index contributed by atoms with van der Waals surface area (Å²) in [6.07, 6.45) is 24.5. The first-order valence-electron chi connectivity index (χ1n) is 17.6. The summed E-state index contributed by atoms with van der Waals surface area (Å²) in [6.45, 7) is 10.9. The molecule has 0 nitrogen and oxygen atoms in total. The van der Waals surface area contributed by atoms with Gasteiger partial charge in [0, 0.05) is 0 Å². The zero-order valence-corrected chi connectivity index (χ0v) is 26.6. The Labute approximate surface area is 237 Å². The molecule has 0 N–H and O–H groups in total. The van der Waals surface area contributed by atoms with Crippen molar-refractivity contribution in [3.8, 4) is 0 Å². The quantitative estimate of drug-likeness (QED) is 0.306. The molecule has 0 aromatic heterocycles. The Kier molecular flexibility index (Phi) is 8.52. The van der Waals surface area contributed by atoms with Gasteiger partial charge in [-0.3, -0.25) is 0 Å². The van der Waals surface area contributed by atoms with Crippen molar-refractivity contribution in [1.29, 1.82) is 0 Å². The first-order valence-corrected chi connectivity index (χ1v) is 20.7. The van der Waals surface area contributed by atoms with Crippen LogP contribution in [0.15, 0.2) is 30.3 Å². The standard InChI is InChI=1S/C37H60Si/c1-5-14-26(2)35-25-37(34-20-12-11-19-31(34)35)38(3,4)36-24-23-32-30(21-13-22-33(32)36)29-18-10-9-17-28(29)27-15-7-6-8-16-27/h6-8,15-16,26,28-37H,5,9-14,17-25H2,1-4H3. The average Bonchev–Trinajstić information content (AvgIpc) is 3.57. The Morgan fingerprint density at radius 3 is 2.03 bits per heavy atom.